The van der Waals surface area contributed by atoms with Gasteiger partial charge in [-0.3, -0.25) is 4.40 Å². The molecule has 2 heterocycles. The van der Waals surface area contributed by atoms with Gasteiger partial charge in [0.15, 0.2) is 0 Å². The number of aromatic nitrogens is 4. The van der Waals surface area contributed by atoms with Gasteiger partial charge in [-0.2, -0.15) is 4.98 Å². The Kier molecular flexibility index (Phi) is 2.47. The topological polar surface area (TPSA) is 81.1 Å². The van der Waals surface area contributed by atoms with Crippen molar-refractivity contribution in [3.05, 3.63) is 54.9 Å². The number of nitrogens with one attached hydrogen (secondary N) is 1. The first-order valence-corrected chi connectivity index (χ1v) is 6.52. The molecule has 0 saturated carbocycles. The summed E-state index contributed by atoms with van der Waals surface area (Å²) >= 11 is 0. The van der Waals surface area contributed by atoms with Crippen molar-refractivity contribution in [2.75, 3.05) is 11.1 Å². The second-order valence-corrected chi connectivity index (χ2v) is 4.73. The molecule has 0 atom stereocenters. The van der Waals surface area contributed by atoms with Crippen LogP contribution in [-0.2, 0) is 0 Å². The average Bonchev–Trinajstić information content (AvgIpc) is 2.97. The lowest BCUT2D eigenvalue weighted by Gasteiger charge is -2.10. The van der Waals surface area contributed by atoms with Crippen LogP contribution < -0.4 is 11.1 Å². The number of rotatable bonds is 2. The van der Waals surface area contributed by atoms with E-state index in [9.17, 15) is 0 Å². The molecule has 0 amide bonds. The maximum Gasteiger partial charge on any atom is 0.257 e. The van der Waals surface area contributed by atoms with Gasteiger partial charge in [-0.25, -0.2) is 0 Å². The Balaban J connectivity index is 1.98. The van der Waals surface area contributed by atoms with Crippen LogP contribution in [0.2, 0.25) is 0 Å². The Hall–Kier alpha value is -3.15. The lowest BCUT2D eigenvalue weighted by molar-refractivity contribution is 1.10. The molecule has 0 spiro atoms. The van der Waals surface area contributed by atoms with Gasteiger partial charge in [-0.15, -0.1) is 10.2 Å². The monoisotopic (exact) mass is 276 g/mol. The smallest absolute Gasteiger partial charge is 0.257 e. The summed E-state index contributed by atoms with van der Waals surface area (Å²) in [5.41, 5.74) is 8.47. The molecule has 4 rings (SSSR count). The third-order valence-corrected chi connectivity index (χ3v) is 3.31. The molecular weight excluding hydrogens is 264 g/mol. The van der Waals surface area contributed by atoms with E-state index in [0.29, 0.717) is 11.5 Å². The number of fused-ring (bicyclic) bond motifs is 3. The fraction of sp³-hybridized carbons (Fsp3) is 0. The molecule has 0 radical (unpaired) electrons. The van der Waals surface area contributed by atoms with Crippen molar-refractivity contribution in [1.29, 1.82) is 0 Å². The molecule has 0 saturated heterocycles. The molecule has 0 unspecified atom stereocenters. The number of nitrogens with zero attached hydrogens (tertiary/aromatic N) is 4. The lowest BCUT2D eigenvalue weighted by Crippen LogP contribution is -2.00. The summed E-state index contributed by atoms with van der Waals surface area (Å²) in [4.78, 5) is 4.53. The van der Waals surface area contributed by atoms with Crippen molar-refractivity contribution in [3.63, 3.8) is 0 Å². The molecule has 6 nitrogen and oxygen atoms in total. The second kappa shape index (κ2) is 4.45. The molecular formula is C15H12N6. The van der Waals surface area contributed by atoms with Gasteiger partial charge in [0, 0.05) is 16.8 Å². The highest BCUT2D eigenvalue weighted by Gasteiger charge is 2.10. The van der Waals surface area contributed by atoms with E-state index in [1.165, 1.54) is 0 Å². The van der Waals surface area contributed by atoms with Crippen molar-refractivity contribution < 1.29 is 0 Å². The summed E-state index contributed by atoms with van der Waals surface area (Å²) in [6.07, 6.45) is 1.64. The number of nitrogens with two attached hydrogens (primary N) is 1. The summed E-state index contributed by atoms with van der Waals surface area (Å²) in [7, 11) is 0. The van der Waals surface area contributed by atoms with Gasteiger partial charge in [0.05, 0.1) is 5.52 Å². The maximum atomic E-state index is 5.89. The van der Waals surface area contributed by atoms with Crippen LogP contribution in [0.4, 0.5) is 17.2 Å². The molecule has 0 fully saturated rings. The summed E-state index contributed by atoms with van der Waals surface area (Å²) in [6.45, 7) is 0. The first-order chi connectivity index (χ1) is 10.3. The highest BCUT2D eigenvalue weighted by molar-refractivity contribution is 5.94. The van der Waals surface area contributed by atoms with E-state index < -0.39 is 0 Å². The molecule has 4 aromatic rings. The van der Waals surface area contributed by atoms with E-state index in [1.807, 2.05) is 52.9 Å². The van der Waals surface area contributed by atoms with Gasteiger partial charge in [-0.05, 0) is 30.3 Å². The quantitative estimate of drug-likeness (QED) is 0.550. The van der Waals surface area contributed by atoms with Gasteiger partial charge < -0.3 is 11.1 Å². The number of hydrogen-bond acceptors (Lipinski definition) is 5. The van der Waals surface area contributed by atoms with Gasteiger partial charge in [0.2, 0.25) is 0 Å². The predicted octanol–water partition coefficient (Wildman–Crippen LogP) is 2.60. The van der Waals surface area contributed by atoms with E-state index in [-0.39, 0.29) is 0 Å². The standard InChI is InChI=1S/C15H12N6/c16-10-6-7-12-13(8-10)21-9-17-20-15(21)19-14(12)18-11-4-2-1-3-5-11/h1-9H,16H2,(H,18,19,20). The zero-order valence-corrected chi connectivity index (χ0v) is 11.1. The van der Waals surface area contributed by atoms with Crippen molar-refractivity contribution >= 4 is 33.9 Å². The Morgan fingerprint density at radius 3 is 2.76 bits per heavy atom. The molecule has 0 aliphatic heterocycles. The van der Waals surface area contributed by atoms with Crippen molar-refractivity contribution in [1.82, 2.24) is 19.6 Å². The minimum atomic E-state index is 0.534. The molecule has 0 aliphatic carbocycles. The highest BCUT2D eigenvalue weighted by atomic mass is 15.3. The minimum absolute atomic E-state index is 0.534. The van der Waals surface area contributed by atoms with E-state index in [2.05, 4.69) is 20.5 Å². The SMILES string of the molecule is Nc1ccc2c(Nc3ccccc3)nc3nncn3c2c1. The molecule has 6 heteroatoms. The zero-order chi connectivity index (χ0) is 14.2. The van der Waals surface area contributed by atoms with Gasteiger partial charge in [-0.1, -0.05) is 18.2 Å². The fourth-order valence-electron chi connectivity index (χ4n) is 2.34. The average molecular weight is 276 g/mol. The van der Waals surface area contributed by atoms with Crippen molar-refractivity contribution in [2.45, 2.75) is 0 Å². The first kappa shape index (κ1) is 11.7. The normalized spacial score (nSPS) is 11.0. The number of para-hydroxylation sites is 1. The minimum Gasteiger partial charge on any atom is -0.399 e. The Morgan fingerprint density at radius 1 is 1.05 bits per heavy atom. The number of anilines is 3. The molecule has 102 valence electrons. The highest BCUT2D eigenvalue weighted by Crippen LogP contribution is 2.26. The van der Waals surface area contributed by atoms with Crippen LogP contribution in [0.25, 0.3) is 16.7 Å². The fourth-order valence-corrected chi connectivity index (χ4v) is 2.34. The van der Waals surface area contributed by atoms with Gasteiger partial charge in [0.1, 0.15) is 12.1 Å². The van der Waals surface area contributed by atoms with Crippen LogP contribution in [0, 0.1) is 0 Å². The van der Waals surface area contributed by atoms with Crippen LogP contribution in [0.5, 0.6) is 0 Å². The van der Waals surface area contributed by atoms with Gasteiger partial charge >= 0.3 is 0 Å². The number of hydrogen-bond donors (Lipinski definition) is 2. The second-order valence-electron chi connectivity index (χ2n) is 4.73. The third kappa shape index (κ3) is 1.93. The van der Waals surface area contributed by atoms with E-state index in [4.69, 9.17) is 5.73 Å². The molecule has 2 aromatic heterocycles. The van der Waals surface area contributed by atoms with Crippen LogP contribution in [0.1, 0.15) is 0 Å². The number of nitrogen functional groups attached to an aromatic ring is 1. The Morgan fingerprint density at radius 2 is 1.90 bits per heavy atom. The van der Waals surface area contributed by atoms with Gasteiger partial charge in [0.25, 0.3) is 5.78 Å². The summed E-state index contributed by atoms with van der Waals surface area (Å²) < 4.78 is 1.82. The zero-order valence-electron chi connectivity index (χ0n) is 11.1. The molecule has 21 heavy (non-hydrogen) atoms. The van der Waals surface area contributed by atoms with Crippen LogP contribution >= 0.6 is 0 Å². The van der Waals surface area contributed by atoms with Crippen molar-refractivity contribution in [2.24, 2.45) is 0 Å². The lowest BCUT2D eigenvalue weighted by atomic mass is 10.2. The molecule has 2 aromatic carbocycles. The van der Waals surface area contributed by atoms with E-state index in [0.717, 1.165) is 22.4 Å². The maximum absolute atomic E-state index is 5.89. The third-order valence-electron chi connectivity index (χ3n) is 3.31. The number of benzene rings is 2. The molecule has 0 aliphatic rings. The molecule has 0 bridgehead atoms. The Bertz CT molecular complexity index is 929. The van der Waals surface area contributed by atoms with Crippen LogP contribution in [0.3, 0.4) is 0 Å². The van der Waals surface area contributed by atoms with E-state index in [1.54, 1.807) is 6.33 Å². The van der Waals surface area contributed by atoms with Crippen molar-refractivity contribution in [3.8, 4) is 0 Å². The Labute approximate surface area is 120 Å². The summed E-state index contributed by atoms with van der Waals surface area (Å²) in [5.74, 6) is 1.27. The van der Waals surface area contributed by atoms with E-state index >= 15 is 0 Å². The van der Waals surface area contributed by atoms with Crippen LogP contribution in [0.15, 0.2) is 54.9 Å². The largest absolute Gasteiger partial charge is 0.399 e. The summed E-state index contributed by atoms with van der Waals surface area (Å²) in [6, 6.07) is 15.6. The summed E-state index contributed by atoms with van der Waals surface area (Å²) in [5, 5.41) is 12.2. The predicted molar refractivity (Wildman–Crippen MR) is 82.4 cm³/mol. The molecule has 3 N–H and O–H groups in total. The van der Waals surface area contributed by atoms with Crippen LogP contribution in [-0.4, -0.2) is 19.6 Å². The first-order valence-electron chi connectivity index (χ1n) is 6.52.